The van der Waals surface area contributed by atoms with Gasteiger partial charge in [0, 0.05) is 17.4 Å². The Morgan fingerprint density at radius 1 is 1.15 bits per heavy atom. The summed E-state index contributed by atoms with van der Waals surface area (Å²) in [5, 5.41) is 3.20. The maximum absolute atomic E-state index is 13.1. The highest BCUT2D eigenvalue weighted by Gasteiger charge is 2.39. The van der Waals surface area contributed by atoms with Gasteiger partial charge in [0.15, 0.2) is 5.78 Å². The summed E-state index contributed by atoms with van der Waals surface area (Å²) >= 11 is 1.64. The number of benzene rings is 1. The zero-order valence-corrected chi connectivity index (χ0v) is 12.7. The van der Waals surface area contributed by atoms with Crippen molar-refractivity contribution in [3.63, 3.8) is 0 Å². The van der Waals surface area contributed by atoms with Gasteiger partial charge in [-0.1, -0.05) is 37.8 Å². The summed E-state index contributed by atoms with van der Waals surface area (Å²) in [4.78, 5) is 13.1. The number of ketones is 1. The number of Topliss-reactive ketones (excluding diaryl/α,β-unsaturated/α-hetero) is 1. The number of rotatable bonds is 3. The van der Waals surface area contributed by atoms with Crippen LogP contribution in [0.1, 0.15) is 48.9 Å². The van der Waals surface area contributed by atoms with Crippen LogP contribution in [0.3, 0.4) is 0 Å². The molecule has 0 N–H and O–H groups in total. The molecule has 0 radical (unpaired) electrons. The van der Waals surface area contributed by atoms with Crippen molar-refractivity contribution in [2.75, 3.05) is 7.11 Å². The Hall–Kier alpha value is -1.19. The number of thiophene rings is 1. The van der Waals surface area contributed by atoms with Crippen LogP contribution in [0.4, 0.5) is 0 Å². The first-order valence-corrected chi connectivity index (χ1v) is 8.21. The second kappa shape index (κ2) is 5.66. The van der Waals surface area contributed by atoms with Crippen molar-refractivity contribution in [1.29, 1.82) is 0 Å². The lowest BCUT2D eigenvalue weighted by molar-refractivity contribution is -0.00677. The molecule has 3 rings (SSSR count). The largest absolute Gasteiger partial charge is 0.370 e. The fourth-order valence-corrected chi connectivity index (χ4v) is 4.15. The van der Waals surface area contributed by atoms with Crippen LogP contribution in [0.15, 0.2) is 29.6 Å². The predicted molar refractivity (Wildman–Crippen MR) is 83.6 cm³/mol. The standard InChI is InChI=1S/C17H20O2S/c1-19-17(10-4-2-3-5-11-17)16(18)14-8-6-7-13-9-12-20-15(13)14/h6-9,12H,2-5,10-11H2,1H3. The lowest BCUT2D eigenvalue weighted by Gasteiger charge is -2.30. The van der Waals surface area contributed by atoms with E-state index < -0.39 is 5.60 Å². The second-order valence-electron chi connectivity index (χ2n) is 5.59. The molecule has 0 saturated heterocycles. The van der Waals surface area contributed by atoms with Crippen molar-refractivity contribution >= 4 is 27.2 Å². The van der Waals surface area contributed by atoms with Crippen LogP contribution in [0.25, 0.3) is 10.1 Å². The van der Waals surface area contributed by atoms with E-state index in [1.165, 1.54) is 12.8 Å². The number of carbonyl (C=O) groups excluding carboxylic acids is 1. The molecule has 0 amide bonds. The maximum Gasteiger partial charge on any atom is 0.196 e. The highest BCUT2D eigenvalue weighted by Crippen LogP contribution is 2.36. The van der Waals surface area contributed by atoms with Crippen LogP contribution < -0.4 is 0 Å². The highest BCUT2D eigenvalue weighted by molar-refractivity contribution is 7.17. The molecule has 0 spiro atoms. The van der Waals surface area contributed by atoms with E-state index in [0.717, 1.165) is 41.3 Å². The van der Waals surface area contributed by atoms with E-state index in [1.54, 1.807) is 18.4 Å². The van der Waals surface area contributed by atoms with Gasteiger partial charge >= 0.3 is 0 Å². The van der Waals surface area contributed by atoms with Gasteiger partial charge in [0.05, 0.1) is 0 Å². The minimum atomic E-state index is -0.602. The third-order valence-electron chi connectivity index (χ3n) is 4.44. The smallest absolute Gasteiger partial charge is 0.196 e. The molecular weight excluding hydrogens is 268 g/mol. The zero-order chi connectivity index (χ0) is 14.0. The van der Waals surface area contributed by atoms with Crippen LogP contribution >= 0.6 is 11.3 Å². The Balaban J connectivity index is 2.03. The molecule has 1 saturated carbocycles. The van der Waals surface area contributed by atoms with E-state index in [1.807, 2.05) is 17.5 Å². The molecule has 2 nitrogen and oxygen atoms in total. The second-order valence-corrected chi connectivity index (χ2v) is 6.50. The van der Waals surface area contributed by atoms with Gasteiger partial charge in [0.2, 0.25) is 0 Å². The fourth-order valence-electron chi connectivity index (χ4n) is 3.24. The van der Waals surface area contributed by atoms with E-state index in [-0.39, 0.29) is 5.78 Å². The number of ether oxygens (including phenoxy) is 1. The molecular formula is C17H20O2S. The molecule has 0 bridgehead atoms. The third-order valence-corrected chi connectivity index (χ3v) is 5.40. The number of carbonyl (C=O) groups is 1. The molecule has 1 fully saturated rings. The van der Waals surface area contributed by atoms with Crippen LogP contribution in [0.2, 0.25) is 0 Å². The molecule has 106 valence electrons. The van der Waals surface area contributed by atoms with Gasteiger partial charge in [-0.05, 0) is 35.7 Å². The average molecular weight is 288 g/mol. The van der Waals surface area contributed by atoms with E-state index in [9.17, 15) is 4.79 Å². The summed E-state index contributed by atoms with van der Waals surface area (Å²) in [6.07, 6.45) is 6.29. The van der Waals surface area contributed by atoms with Gasteiger partial charge in [-0.2, -0.15) is 0 Å². The van der Waals surface area contributed by atoms with Gasteiger partial charge in [-0.15, -0.1) is 11.3 Å². The molecule has 0 atom stereocenters. The quantitative estimate of drug-likeness (QED) is 0.597. The first-order chi connectivity index (χ1) is 9.77. The van der Waals surface area contributed by atoms with Crippen molar-refractivity contribution in [3.05, 3.63) is 35.2 Å². The van der Waals surface area contributed by atoms with Gasteiger partial charge in [0.1, 0.15) is 5.60 Å². The SMILES string of the molecule is COC1(C(=O)c2cccc3ccsc23)CCCCCC1. The molecule has 0 aliphatic heterocycles. The molecule has 3 heteroatoms. The summed E-state index contributed by atoms with van der Waals surface area (Å²) in [5.41, 5.74) is 0.232. The lowest BCUT2D eigenvalue weighted by Crippen LogP contribution is -2.40. The van der Waals surface area contributed by atoms with Crippen LogP contribution in [0, 0.1) is 0 Å². The molecule has 20 heavy (non-hydrogen) atoms. The van der Waals surface area contributed by atoms with E-state index in [4.69, 9.17) is 4.74 Å². The van der Waals surface area contributed by atoms with Crippen molar-refractivity contribution < 1.29 is 9.53 Å². The Labute approximate surface area is 123 Å². The first-order valence-electron chi connectivity index (χ1n) is 7.33. The Morgan fingerprint density at radius 2 is 1.90 bits per heavy atom. The van der Waals surface area contributed by atoms with Crippen molar-refractivity contribution in [2.45, 2.75) is 44.1 Å². The van der Waals surface area contributed by atoms with Gasteiger partial charge in [-0.25, -0.2) is 0 Å². The van der Waals surface area contributed by atoms with Gasteiger partial charge < -0.3 is 4.74 Å². The third kappa shape index (κ3) is 2.29. The molecule has 1 heterocycles. The normalized spacial score (nSPS) is 18.9. The number of methoxy groups -OCH3 is 1. The predicted octanol–water partition coefficient (Wildman–Crippen LogP) is 4.82. The Morgan fingerprint density at radius 3 is 2.60 bits per heavy atom. The summed E-state index contributed by atoms with van der Waals surface area (Å²) in [6, 6.07) is 8.06. The number of hydrogen-bond donors (Lipinski definition) is 0. The fraction of sp³-hybridized carbons (Fsp3) is 0.471. The molecule has 1 aliphatic carbocycles. The lowest BCUT2D eigenvalue weighted by atomic mass is 9.85. The molecule has 1 aromatic carbocycles. The van der Waals surface area contributed by atoms with Crippen molar-refractivity contribution in [2.24, 2.45) is 0 Å². The summed E-state index contributed by atoms with van der Waals surface area (Å²) in [7, 11) is 1.69. The van der Waals surface area contributed by atoms with Crippen LogP contribution in [-0.4, -0.2) is 18.5 Å². The van der Waals surface area contributed by atoms with Gasteiger partial charge in [0.25, 0.3) is 0 Å². The van der Waals surface area contributed by atoms with Crippen LogP contribution in [-0.2, 0) is 4.74 Å². The molecule has 0 unspecified atom stereocenters. The maximum atomic E-state index is 13.1. The van der Waals surface area contributed by atoms with Crippen molar-refractivity contribution in [1.82, 2.24) is 0 Å². The average Bonchev–Trinajstić information content (AvgIpc) is 2.83. The number of hydrogen-bond acceptors (Lipinski definition) is 3. The van der Waals surface area contributed by atoms with E-state index in [0.29, 0.717) is 0 Å². The van der Waals surface area contributed by atoms with Crippen molar-refractivity contribution in [3.8, 4) is 0 Å². The highest BCUT2D eigenvalue weighted by atomic mass is 32.1. The zero-order valence-electron chi connectivity index (χ0n) is 11.9. The Bertz CT molecular complexity index is 606. The summed E-state index contributed by atoms with van der Waals surface area (Å²) < 4.78 is 6.85. The van der Waals surface area contributed by atoms with E-state index in [2.05, 4.69) is 12.1 Å². The minimum absolute atomic E-state index is 0.176. The summed E-state index contributed by atoms with van der Waals surface area (Å²) in [6.45, 7) is 0. The first kappa shape index (κ1) is 13.8. The Kier molecular flexibility index (Phi) is 3.90. The van der Waals surface area contributed by atoms with E-state index >= 15 is 0 Å². The minimum Gasteiger partial charge on any atom is -0.370 e. The topological polar surface area (TPSA) is 26.3 Å². The van der Waals surface area contributed by atoms with Gasteiger partial charge in [-0.3, -0.25) is 4.79 Å². The molecule has 1 aliphatic rings. The summed E-state index contributed by atoms with van der Waals surface area (Å²) in [5.74, 6) is 0.176. The number of fused-ring (bicyclic) bond motifs is 1. The monoisotopic (exact) mass is 288 g/mol. The van der Waals surface area contributed by atoms with Crippen LogP contribution in [0.5, 0.6) is 0 Å². The molecule has 1 aromatic heterocycles. The molecule has 2 aromatic rings.